The number of carbonyl (C=O) groups is 1. The van der Waals surface area contributed by atoms with E-state index in [9.17, 15) is 4.79 Å². The highest BCUT2D eigenvalue weighted by Crippen LogP contribution is 2.45. The van der Waals surface area contributed by atoms with Crippen LogP contribution >= 0.6 is 0 Å². The van der Waals surface area contributed by atoms with E-state index in [1.807, 2.05) is 31.2 Å². The molecule has 4 rings (SSSR count). The Labute approximate surface area is 142 Å². The molecule has 2 aromatic carbocycles. The number of hydrogen-bond acceptors (Lipinski definition) is 2. The highest BCUT2D eigenvalue weighted by molar-refractivity contribution is 5.95. The van der Waals surface area contributed by atoms with Crippen molar-refractivity contribution in [3.05, 3.63) is 58.7 Å². The Morgan fingerprint density at radius 2 is 1.92 bits per heavy atom. The molecule has 4 heteroatoms. The molecule has 1 fully saturated rings. The minimum atomic E-state index is -0.684. The van der Waals surface area contributed by atoms with Gasteiger partial charge in [0.05, 0.1) is 6.04 Å². The Kier molecular flexibility index (Phi) is 3.14. The molecular formula is C20H22N2O2. The maximum Gasteiger partial charge on any atom is 0.325 e. The number of carbonyl (C=O) groups excluding carboxylic acids is 1. The predicted molar refractivity (Wildman–Crippen MR) is 94.5 cm³/mol. The SMILES string of the molecule is Cc1ccc2c(c1)C1C[C@](C)(O2)N(c2ccc(C)c(C)c2)C(=O)N1. The summed E-state index contributed by atoms with van der Waals surface area (Å²) in [5.41, 5.74) is 4.80. The summed E-state index contributed by atoms with van der Waals surface area (Å²) in [6.07, 6.45) is 0.724. The molecule has 1 N–H and O–H groups in total. The van der Waals surface area contributed by atoms with Crippen LogP contribution in [0.1, 0.15) is 41.6 Å². The first-order valence-electron chi connectivity index (χ1n) is 8.35. The van der Waals surface area contributed by atoms with Gasteiger partial charge < -0.3 is 10.1 Å². The van der Waals surface area contributed by atoms with Crippen LogP contribution in [0.3, 0.4) is 0 Å². The molecule has 2 aliphatic heterocycles. The number of fused-ring (bicyclic) bond motifs is 4. The van der Waals surface area contributed by atoms with Gasteiger partial charge in [0, 0.05) is 17.7 Å². The average Bonchev–Trinajstić information content (AvgIpc) is 2.51. The molecule has 2 aromatic rings. The maximum atomic E-state index is 12.8. The third-order valence-corrected chi connectivity index (χ3v) is 5.18. The molecule has 4 nitrogen and oxygen atoms in total. The molecule has 24 heavy (non-hydrogen) atoms. The molecule has 2 amide bonds. The number of rotatable bonds is 1. The summed E-state index contributed by atoms with van der Waals surface area (Å²) in [5, 5.41) is 3.15. The lowest BCUT2D eigenvalue weighted by molar-refractivity contribution is 0.0378. The Bertz CT molecular complexity index is 846. The summed E-state index contributed by atoms with van der Waals surface area (Å²) in [6.45, 7) is 8.19. The summed E-state index contributed by atoms with van der Waals surface area (Å²) < 4.78 is 6.32. The molecule has 2 atom stereocenters. The molecular weight excluding hydrogens is 300 g/mol. The number of aryl methyl sites for hydroxylation is 3. The average molecular weight is 322 g/mol. The second-order valence-electron chi connectivity index (χ2n) is 7.13. The summed E-state index contributed by atoms with van der Waals surface area (Å²) in [7, 11) is 0. The van der Waals surface area contributed by atoms with Crippen LogP contribution in [0.2, 0.25) is 0 Å². The Hall–Kier alpha value is -2.49. The third kappa shape index (κ3) is 2.17. The second kappa shape index (κ2) is 5.00. The van der Waals surface area contributed by atoms with Crippen molar-refractivity contribution in [2.24, 2.45) is 0 Å². The van der Waals surface area contributed by atoms with E-state index in [2.05, 4.69) is 38.2 Å². The van der Waals surface area contributed by atoms with Gasteiger partial charge in [-0.2, -0.15) is 0 Å². The molecule has 0 radical (unpaired) electrons. The number of amides is 2. The van der Waals surface area contributed by atoms with Gasteiger partial charge in [-0.3, -0.25) is 4.90 Å². The van der Waals surface area contributed by atoms with Crippen molar-refractivity contribution in [1.29, 1.82) is 0 Å². The first-order valence-corrected chi connectivity index (χ1v) is 8.35. The number of urea groups is 1. The van der Waals surface area contributed by atoms with Crippen molar-refractivity contribution in [3.63, 3.8) is 0 Å². The van der Waals surface area contributed by atoms with Gasteiger partial charge in [-0.05, 0) is 57.0 Å². The maximum absolute atomic E-state index is 12.8. The standard InChI is InChI=1S/C20H22N2O2/c1-12-5-8-18-16(9-12)17-11-20(4,24-18)22(19(23)21-17)15-7-6-13(2)14(3)10-15/h5-10,17H,11H2,1-4H3,(H,21,23)/t17?,20-/m0/s1. The van der Waals surface area contributed by atoms with Gasteiger partial charge in [-0.25, -0.2) is 4.79 Å². The number of nitrogens with zero attached hydrogens (tertiary/aromatic N) is 1. The van der Waals surface area contributed by atoms with Crippen LogP contribution in [0.15, 0.2) is 36.4 Å². The minimum absolute atomic E-state index is 0.00561. The van der Waals surface area contributed by atoms with E-state index in [0.29, 0.717) is 0 Å². The predicted octanol–water partition coefficient (Wildman–Crippen LogP) is 4.38. The summed E-state index contributed by atoms with van der Waals surface area (Å²) in [4.78, 5) is 14.6. The molecule has 0 aliphatic carbocycles. The van der Waals surface area contributed by atoms with Crippen LogP contribution in [0, 0.1) is 20.8 Å². The molecule has 0 saturated carbocycles. The number of nitrogens with one attached hydrogen (secondary N) is 1. The molecule has 1 unspecified atom stereocenters. The third-order valence-electron chi connectivity index (χ3n) is 5.18. The summed E-state index contributed by atoms with van der Waals surface area (Å²) >= 11 is 0. The van der Waals surface area contributed by atoms with Gasteiger partial charge in [0.2, 0.25) is 0 Å². The Morgan fingerprint density at radius 3 is 2.67 bits per heavy atom. The van der Waals surface area contributed by atoms with E-state index in [4.69, 9.17) is 4.74 Å². The van der Waals surface area contributed by atoms with Crippen molar-refractivity contribution >= 4 is 11.7 Å². The Morgan fingerprint density at radius 1 is 1.12 bits per heavy atom. The van der Waals surface area contributed by atoms with E-state index in [0.717, 1.165) is 29.0 Å². The van der Waals surface area contributed by atoms with Gasteiger partial charge in [0.15, 0.2) is 5.72 Å². The van der Waals surface area contributed by atoms with Crippen LogP contribution < -0.4 is 15.0 Å². The van der Waals surface area contributed by atoms with E-state index >= 15 is 0 Å². The lowest BCUT2D eigenvalue weighted by atomic mass is 9.89. The van der Waals surface area contributed by atoms with Crippen molar-refractivity contribution in [2.45, 2.75) is 45.9 Å². The van der Waals surface area contributed by atoms with Gasteiger partial charge in [0.25, 0.3) is 0 Å². The van der Waals surface area contributed by atoms with E-state index in [-0.39, 0.29) is 12.1 Å². The minimum Gasteiger partial charge on any atom is -0.467 e. The quantitative estimate of drug-likeness (QED) is 0.846. The smallest absolute Gasteiger partial charge is 0.325 e. The lowest BCUT2D eigenvalue weighted by Crippen LogP contribution is -2.65. The van der Waals surface area contributed by atoms with Crippen LogP contribution in [0.25, 0.3) is 0 Å². The second-order valence-corrected chi connectivity index (χ2v) is 7.13. The first kappa shape index (κ1) is 15.1. The zero-order chi connectivity index (χ0) is 17.1. The fourth-order valence-electron chi connectivity index (χ4n) is 3.75. The summed E-state index contributed by atoms with van der Waals surface area (Å²) in [6, 6.07) is 12.1. The molecule has 0 aromatic heterocycles. The molecule has 2 heterocycles. The van der Waals surface area contributed by atoms with E-state index in [1.54, 1.807) is 4.90 Å². The van der Waals surface area contributed by atoms with Crippen molar-refractivity contribution < 1.29 is 9.53 Å². The largest absolute Gasteiger partial charge is 0.467 e. The van der Waals surface area contributed by atoms with Crippen LogP contribution in [-0.2, 0) is 0 Å². The molecule has 2 aliphatic rings. The molecule has 124 valence electrons. The fraction of sp³-hybridized carbons (Fsp3) is 0.350. The van der Waals surface area contributed by atoms with Gasteiger partial charge in [0.1, 0.15) is 5.75 Å². The normalized spacial score (nSPS) is 24.9. The Balaban J connectivity index is 1.80. The zero-order valence-corrected chi connectivity index (χ0v) is 14.5. The van der Waals surface area contributed by atoms with Crippen LogP contribution in [-0.4, -0.2) is 11.8 Å². The van der Waals surface area contributed by atoms with E-state index < -0.39 is 5.72 Å². The van der Waals surface area contributed by atoms with Gasteiger partial charge >= 0.3 is 6.03 Å². The fourth-order valence-corrected chi connectivity index (χ4v) is 3.75. The molecule has 2 bridgehead atoms. The molecule has 0 spiro atoms. The number of hydrogen-bond donors (Lipinski definition) is 1. The highest BCUT2D eigenvalue weighted by atomic mass is 16.5. The monoisotopic (exact) mass is 322 g/mol. The summed E-state index contributed by atoms with van der Waals surface area (Å²) in [5.74, 6) is 0.855. The first-order chi connectivity index (χ1) is 11.4. The van der Waals surface area contributed by atoms with Crippen LogP contribution in [0.4, 0.5) is 10.5 Å². The number of ether oxygens (including phenoxy) is 1. The lowest BCUT2D eigenvalue weighted by Gasteiger charge is -2.50. The topological polar surface area (TPSA) is 41.6 Å². The number of benzene rings is 2. The molecule has 1 saturated heterocycles. The van der Waals surface area contributed by atoms with Crippen molar-refractivity contribution in [3.8, 4) is 5.75 Å². The zero-order valence-electron chi connectivity index (χ0n) is 14.5. The van der Waals surface area contributed by atoms with Crippen molar-refractivity contribution in [1.82, 2.24) is 5.32 Å². The highest BCUT2D eigenvalue weighted by Gasteiger charge is 2.49. The number of anilines is 1. The van der Waals surface area contributed by atoms with Crippen LogP contribution in [0.5, 0.6) is 5.75 Å². The van der Waals surface area contributed by atoms with Crippen molar-refractivity contribution in [2.75, 3.05) is 4.90 Å². The van der Waals surface area contributed by atoms with Gasteiger partial charge in [-0.1, -0.05) is 23.8 Å². The van der Waals surface area contributed by atoms with Gasteiger partial charge in [-0.15, -0.1) is 0 Å². The van der Waals surface area contributed by atoms with E-state index in [1.165, 1.54) is 11.1 Å².